The molecule has 14 rings (SSSR count). The van der Waals surface area contributed by atoms with Crippen LogP contribution >= 0.6 is 34.0 Å². The SMILES string of the molecule is C/C(=N\C(=N/Cc1ccc2c(c1)sc1ccccc12)c1cc2sc3ccccc3c2cc1-n1c2cc3ccccc3cc2c2c3ccccc3ccc21)c1ccc2c(c1)sc1ccccc12. The largest absolute Gasteiger partial charge is 0.308 e. The van der Waals surface area contributed by atoms with Crippen molar-refractivity contribution < 1.29 is 0 Å². The quantitative estimate of drug-likeness (QED) is 0.122. The highest BCUT2D eigenvalue weighted by Gasteiger charge is 2.22. The molecule has 0 N–H and O–H groups in total. The normalized spacial score (nSPS) is 12.9. The Kier molecular flexibility index (Phi) is 8.47. The number of benzene rings is 10. The number of rotatable bonds is 5. The molecule has 0 aliphatic heterocycles. The molecule has 0 spiro atoms. The van der Waals surface area contributed by atoms with E-state index in [1.807, 2.05) is 34.0 Å². The van der Waals surface area contributed by atoms with E-state index >= 15 is 0 Å². The van der Waals surface area contributed by atoms with Crippen LogP contribution in [0.25, 0.3) is 110 Å². The van der Waals surface area contributed by atoms with Crippen LogP contribution in [0.2, 0.25) is 0 Å². The number of aromatic nitrogens is 1. The highest BCUT2D eigenvalue weighted by Crippen LogP contribution is 2.43. The zero-order valence-electron chi connectivity index (χ0n) is 35.7. The van der Waals surface area contributed by atoms with E-state index in [2.05, 4.69) is 206 Å². The van der Waals surface area contributed by atoms with Crippen LogP contribution in [0.5, 0.6) is 0 Å². The van der Waals surface area contributed by atoms with Crippen molar-refractivity contribution in [1.82, 2.24) is 4.57 Å². The van der Waals surface area contributed by atoms with Crippen molar-refractivity contribution in [2.24, 2.45) is 9.98 Å². The van der Waals surface area contributed by atoms with Gasteiger partial charge in [0, 0.05) is 82.6 Å². The van der Waals surface area contributed by atoms with E-state index in [1.165, 1.54) is 92.8 Å². The zero-order valence-corrected chi connectivity index (χ0v) is 38.2. The number of aliphatic imine (C=N–C) groups is 2. The van der Waals surface area contributed by atoms with Gasteiger partial charge in [0.05, 0.1) is 23.3 Å². The molecule has 0 aliphatic carbocycles. The molecular weight excluding hydrogens is 859 g/mol. The van der Waals surface area contributed by atoms with Gasteiger partial charge < -0.3 is 4.57 Å². The summed E-state index contributed by atoms with van der Waals surface area (Å²) in [6.07, 6.45) is 0. The number of hydrogen-bond donors (Lipinski definition) is 0. The number of nitrogens with zero attached hydrogens (tertiary/aromatic N) is 3. The summed E-state index contributed by atoms with van der Waals surface area (Å²) >= 11 is 5.52. The Morgan fingerprint density at radius 2 is 0.985 bits per heavy atom. The first-order chi connectivity index (χ1) is 32.6. The second kappa shape index (κ2) is 14.8. The van der Waals surface area contributed by atoms with Gasteiger partial charge >= 0.3 is 0 Å². The van der Waals surface area contributed by atoms with Crippen LogP contribution in [-0.4, -0.2) is 16.1 Å². The topological polar surface area (TPSA) is 29.6 Å². The van der Waals surface area contributed by atoms with Gasteiger partial charge in [0.1, 0.15) is 0 Å². The van der Waals surface area contributed by atoms with E-state index in [1.54, 1.807) is 0 Å². The maximum absolute atomic E-state index is 5.65. The zero-order chi connectivity index (χ0) is 43.5. The van der Waals surface area contributed by atoms with Crippen LogP contribution in [-0.2, 0) is 6.54 Å². The lowest BCUT2D eigenvalue weighted by Gasteiger charge is -2.16. The molecule has 0 radical (unpaired) electrons. The summed E-state index contributed by atoms with van der Waals surface area (Å²) in [5.74, 6) is 0.714. The monoisotopic (exact) mass is 895 g/mol. The van der Waals surface area contributed by atoms with Crippen molar-refractivity contribution >= 4 is 149 Å². The molecule has 310 valence electrons. The van der Waals surface area contributed by atoms with E-state index in [0.717, 1.165) is 39.1 Å². The highest BCUT2D eigenvalue weighted by atomic mass is 32.1. The van der Waals surface area contributed by atoms with E-state index < -0.39 is 0 Å². The number of fused-ring (bicyclic) bond motifs is 15. The average molecular weight is 896 g/mol. The Bertz CT molecular complexity index is 4400. The maximum atomic E-state index is 5.65. The second-order valence-corrected chi connectivity index (χ2v) is 20.5. The summed E-state index contributed by atoms with van der Waals surface area (Å²) in [7, 11) is 0. The minimum atomic E-state index is 0.484. The lowest BCUT2D eigenvalue weighted by Crippen LogP contribution is -2.09. The highest BCUT2D eigenvalue weighted by molar-refractivity contribution is 7.26. The van der Waals surface area contributed by atoms with Gasteiger partial charge in [0.25, 0.3) is 0 Å². The fourth-order valence-electron chi connectivity index (χ4n) is 10.2. The lowest BCUT2D eigenvalue weighted by molar-refractivity contribution is 1.06. The van der Waals surface area contributed by atoms with Crippen LogP contribution in [0.4, 0.5) is 0 Å². The van der Waals surface area contributed by atoms with Crippen molar-refractivity contribution in [3.63, 3.8) is 0 Å². The second-order valence-electron chi connectivity index (χ2n) is 17.3. The molecule has 10 aromatic carbocycles. The fraction of sp³-hybridized carbons (Fsp3) is 0.0333. The van der Waals surface area contributed by atoms with E-state index in [0.29, 0.717) is 12.4 Å². The van der Waals surface area contributed by atoms with E-state index in [-0.39, 0.29) is 0 Å². The van der Waals surface area contributed by atoms with Crippen LogP contribution in [0, 0.1) is 0 Å². The Hall–Kier alpha value is -7.48. The summed E-state index contributed by atoms with van der Waals surface area (Å²) in [5, 5.41) is 15.0. The summed E-state index contributed by atoms with van der Waals surface area (Å²) in [4.78, 5) is 11.3. The molecule has 4 heterocycles. The third-order valence-corrected chi connectivity index (χ3v) is 16.8. The molecule has 0 saturated heterocycles. The fourth-order valence-corrected chi connectivity index (χ4v) is 13.7. The van der Waals surface area contributed by atoms with Gasteiger partial charge in [0.2, 0.25) is 0 Å². The summed E-state index contributed by atoms with van der Waals surface area (Å²) in [6.45, 7) is 2.63. The number of amidine groups is 1. The number of hydrogen-bond acceptors (Lipinski definition) is 4. The van der Waals surface area contributed by atoms with Crippen LogP contribution in [0.1, 0.15) is 23.6 Å². The summed E-state index contributed by atoms with van der Waals surface area (Å²) in [5.41, 5.74) is 7.55. The third kappa shape index (κ3) is 5.92. The maximum Gasteiger partial charge on any atom is 0.157 e. The van der Waals surface area contributed by atoms with Gasteiger partial charge in [-0.1, -0.05) is 133 Å². The molecular formula is C60H37N3S3. The van der Waals surface area contributed by atoms with E-state index in [9.17, 15) is 0 Å². The molecule has 14 aromatic rings. The van der Waals surface area contributed by atoms with Gasteiger partial charge in [-0.25, -0.2) is 4.99 Å². The van der Waals surface area contributed by atoms with Crippen LogP contribution < -0.4 is 0 Å². The minimum absolute atomic E-state index is 0.484. The van der Waals surface area contributed by atoms with Gasteiger partial charge in [-0.2, -0.15) is 0 Å². The predicted octanol–water partition coefficient (Wildman–Crippen LogP) is 17.6. The molecule has 0 fully saturated rings. The molecule has 0 bridgehead atoms. The predicted molar refractivity (Wildman–Crippen MR) is 290 cm³/mol. The Balaban J connectivity index is 1.05. The van der Waals surface area contributed by atoms with Crippen molar-refractivity contribution in [3.8, 4) is 5.69 Å². The smallest absolute Gasteiger partial charge is 0.157 e. The molecule has 4 aromatic heterocycles. The molecule has 6 heteroatoms. The first-order valence-electron chi connectivity index (χ1n) is 22.3. The van der Waals surface area contributed by atoms with Crippen LogP contribution in [0.15, 0.2) is 204 Å². The molecule has 0 amide bonds. The minimum Gasteiger partial charge on any atom is -0.308 e. The average Bonchev–Trinajstić information content (AvgIpc) is 4.12. The molecule has 3 nitrogen and oxygen atoms in total. The molecule has 66 heavy (non-hydrogen) atoms. The molecule has 0 atom stereocenters. The Morgan fingerprint density at radius 3 is 1.70 bits per heavy atom. The van der Waals surface area contributed by atoms with Gasteiger partial charge in [-0.3, -0.25) is 4.99 Å². The molecule has 0 unspecified atom stereocenters. The van der Waals surface area contributed by atoms with Gasteiger partial charge in [0.15, 0.2) is 5.84 Å². The van der Waals surface area contributed by atoms with Gasteiger partial charge in [-0.05, 0) is 100 Å². The van der Waals surface area contributed by atoms with E-state index in [4.69, 9.17) is 9.98 Å². The first-order valence-corrected chi connectivity index (χ1v) is 24.8. The Labute approximate surface area is 391 Å². The first kappa shape index (κ1) is 37.9. The summed E-state index contributed by atoms with van der Waals surface area (Å²) < 4.78 is 10.1. The van der Waals surface area contributed by atoms with Crippen molar-refractivity contribution in [2.45, 2.75) is 13.5 Å². The molecule has 0 saturated carbocycles. The standard InChI is InChI=1S/C60H37N3S3/c1-35(38-23-26-46-43-17-7-10-20-54(43)65-57(46)31-38)62-60(61-34-36-22-25-45-42-16-6-9-19-53(42)64-56(45)28-36)49-33-58-47(44-18-8-11-21-55(44)66-58)32-52(49)63-50-27-24-37-12-4-5-15-41(37)59(50)48-29-39-13-2-3-14-40(39)30-51(48)63/h2-33H,34H2,1H3/b61-60-,62-35+. The summed E-state index contributed by atoms with van der Waals surface area (Å²) in [6, 6.07) is 71.5. The van der Waals surface area contributed by atoms with Crippen molar-refractivity contribution in [1.29, 1.82) is 0 Å². The lowest BCUT2D eigenvalue weighted by atomic mass is 10.0. The van der Waals surface area contributed by atoms with Crippen molar-refractivity contribution in [3.05, 3.63) is 211 Å². The Morgan fingerprint density at radius 1 is 0.424 bits per heavy atom. The number of thiophene rings is 3. The van der Waals surface area contributed by atoms with Gasteiger partial charge in [-0.15, -0.1) is 34.0 Å². The van der Waals surface area contributed by atoms with Crippen LogP contribution in [0.3, 0.4) is 0 Å². The molecule has 0 aliphatic rings. The third-order valence-electron chi connectivity index (χ3n) is 13.4. The van der Waals surface area contributed by atoms with Crippen molar-refractivity contribution in [2.75, 3.05) is 0 Å².